The first-order valence-corrected chi connectivity index (χ1v) is 10.2. The summed E-state index contributed by atoms with van der Waals surface area (Å²) < 4.78 is 9.32. The molecule has 4 rings (SSSR count). The SMILES string of the molecule is COc1cccc(-c2nn(-c3ccccc3)cc2CNC(C)CCn2cccn2)c1. The maximum atomic E-state index is 5.41. The van der Waals surface area contributed by atoms with Crippen molar-refractivity contribution < 1.29 is 4.74 Å². The number of hydrogen-bond donors (Lipinski definition) is 1. The molecule has 1 unspecified atom stereocenters. The Hall–Kier alpha value is -3.38. The molecule has 2 heterocycles. The number of aryl methyl sites for hydroxylation is 1. The predicted molar refractivity (Wildman–Crippen MR) is 119 cm³/mol. The Kier molecular flexibility index (Phi) is 6.25. The lowest BCUT2D eigenvalue weighted by atomic mass is 10.1. The van der Waals surface area contributed by atoms with Crippen LogP contribution in [0.15, 0.2) is 79.3 Å². The van der Waals surface area contributed by atoms with Gasteiger partial charge in [-0.05, 0) is 43.7 Å². The number of rotatable bonds is 9. The van der Waals surface area contributed by atoms with Crippen LogP contribution in [0, 0.1) is 0 Å². The van der Waals surface area contributed by atoms with Gasteiger partial charge in [-0.1, -0.05) is 30.3 Å². The lowest BCUT2D eigenvalue weighted by molar-refractivity contribution is 0.415. The van der Waals surface area contributed by atoms with E-state index < -0.39 is 0 Å². The molecule has 2 aromatic carbocycles. The number of nitrogens with zero attached hydrogens (tertiary/aromatic N) is 4. The molecule has 154 valence electrons. The molecule has 0 radical (unpaired) electrons. The van der Waals surface area contributed by atoms with Crippen LogP contribution in [-0.2, 0) is 13.1 Å². The third-order valence-corrected chi connectivity index (χ3v) is 5.15. The van der Waals surface area contributed by atoms with E-state index in [0.29, 0.717) is 6.04 Å². The molecule has 0 spiro atoms. The van der Waals surface area contributed by atoms with E-state index in [1.54, 1.807) is 7.11 Å². The Morgan fingerprint density at radius 3 is 2.70 bits per heavy atom. The summed E-state index contributed by atoms with van der Waals surface area (Å²) in [5.41, 5.74) is 4.20. The van der Waals surface area contributed by atoms with Crippen molar-refractivity contribution in [3.63, 3.8) is 0 Å². The summed E-state index contributed by atoms with van der Waals surface area (Å²) in [5.74, 6) is 0.827. The van der Waals surface area contributed by atoms with Gasteiger partial charge in [-0.25, -0.2) is 4.68 Å². The van der Waals surface area contributed by atoms with Crippen LogP contribution in [0.1, 0.15) is 18.9 Å². The summed E-state index contributed by atoms with van der Waals surface area (Å²) >= 11 is 0. The van der Waals surface area contributed by atoms with E-state index in [4.69, 9.17) is 9.84 Å². The summed E-state index contributed by atoms with van der Waals surface area (Å²) in [6, 6.07) is 20.6. The van der Waals surface area contributed by atoms with Gasteiger partial charge in [0.05, 0.1) is 18.5 Å². The lowest BCUT2D eigenvalue weighted by Crippen LogP contribution is -2.27. The van der Waals surface area contributed by atoms with Gasteiger partial charge in [0.25, 0.3) is 0 Å². The Morgan fingerprint density at radius 1 is 1.07 bits per heavy atom. The maximum absolute atomic E-state index is 5.41. The van der Waals surface area contributed by atoms with Crippen molar-refractivity contribution in [1.29, 1.82) is 0 Å². The number of hydrogen-bond acceptors (Lipinski definition) is 4. The molecule has 0 saturated carbocycles. The number of aromatic nitrogens is 4. The number of methoxy groups -OCH3 is 1. The van der Waals surface area contributed by atoms with E-state index in [1.165, 1.54) is 0 Å². The highest BCUT2D eigenvalue weighted by atomic mass is 16.5. The molecule has 1 atom stereocenters. The van der Waals surface area contributed by atoms with Crippen LogP contribution in [0.2, 0.25) is 0 Å². The minimum absolute atomic E-state index is 0.354. The Balaban J connectivity index is 1.54. The van der Waals surface area contributed by atoms with Gasteiger partial charge in [0.2, 0.25) is 0 Å². The normalized spacial score (nSPS) is 12.1. The fourth-order valence-electron chi connectivity index (χ4n) is 3.41. The summed E-state index contributed by atoms with van der Waals surface area (Å²) in [7, 11) is 1.69. The van der Waals surface area contributed by atoms with E-state index in [0.717, 1.165) is 47.8 Å². The molecule has 30 heavy (non-hydrogen) atoms. The van der Waals surface area contributed by atoms with Gasteiger partial charge in [-0.15, -0.1) is 0 Å². The van der Waals surface area contributed by atoms with Crippen molar-refractivity contribution in [3.8, 4) is 22.7 Å². The lowest BCUT2D eigenvalue weighted by Gasteiger charge is -2.14. The van der Waals surface area contributed by atoms with Crippen LogP contribution < -0.4 is 10.1 Å². The topological polar surface area (TPSA) is 56.9 Å². The average molecular weight is 402 g/mol. The van der Waals surface area contributed by atoms with Crippen LogP contribution in [-0.4, -0.2) is 32.7 Å². The molecule has 4 aromatic rings. The average Bonchev–Trinajstić information content (AvgIpc) is 3.47. The standard InChI is InChI=1S/C24H27N5O/c1-19(12-15-28-14-7-13-26-28)25-17-21-18-29(22-9-4-3-5-10-22)27-24(21)20-8-6-11-23(16-20)30-2/h3-11,13-14,16,18-19,25H,12,15,17H2,1-2H3. The number of benzene rings is 2. The summed E-state index contributed by atoms with van der Waals surface area (Å²) in [4.78, 5) is 0. The monoisotopic (exact) mass is 401 g/mol. The summed E-state index contributed by atoms with van der Waals surface area (Å²) in [6.45, 7) is 3.84. The highest BCUT2D eigenvalue weighted by molar-refractivity contribution is 5.65. The molecule has 6 heteroatoms. The Morgan fingerprint density at radius 2 is 1.93 bits per heavy atom. The fourth-order valence-corrected chi connectivity index (χ4v) is 3.41. The molecular weight excluding hydrogens is 374 g/mol. The molecule has 0 bridgehead atoms. The Bertz CT molecular complexity index is 1060. The Labute approximate surface area is 177 Å². The molecule has 0 saturated heterocycles. The van der Waals surface area contributed by atoms with E-state index in [1.807, 2.05) is 64.2 Å². The molecule has 0 aliphatic heterocycles. The summed E-state index contributed by atoms with van der Waals surface area (Å²) in [5, 5.41) is 12.8. The van der Waals surface area contributed by atoms with Gasteiger partial charge in [0.1, 0.15) is 5.75 Å². The van der Waals surface area contributed by atoms with Crippen molar-refractivity contribution in [2.75, 3.05) is 7.11 Å². The van der Waals surface area contributed by atoms with Crippen molar-refractivity contribution in [3.05, 3.63) is 84.8 Å². The third-order valence-electron chi connectivity index (χ3n) is 5.15. The first kappa shape index (κ1) is 19.9. The van der Waals surface area contributed by atoms with Gasteiger partial charge in [-0.2, -0.15) is 10.2 Å². The molecule has 0 aliphatic rings. The predicted octanol–water partition coefficient (Wildman–Crippen LogP) is 4.31. The largest absolute Gasteiger partial charge is 0.497 e. The molecule has 1 N–H and O–H groups in total. The summed E-state index contributed by atoms with van der Waals surface area (Å²) in [6.07, 6.45) is 6.92. The van der Waals surface area contributed by atoms with E-state index in [2.05, 4.69) is 41.7 Å². The van der Waals surface area contributed by atoms with E-state index in [-0.39, 0.29) is 0 Å². The van der Waals surface area contributed by atoms with Gasteiger partial charge < -0.3 is 10.1 Å². The first-order chi connectivity index (χ1) is 14.7. The first-order valence-electron chi connectivity index (χ1n) is 10.2. The van der Waals surface area contributed by atoms with Crippen molar-refractivity contribution in [2.45, 2.75) is 32.5 Å². The molecule has 0 aliphatic carbocycles. The highest BCUT2D eigenvalue weighted by Gasteiger charge is 2.14. The van der Waals surface area contributed by atoms with E-state index in [9.17, 15) is 0 Å². The maximum Gasteiger partial charge on any atom is 0.119 e. The molecule has 2 aromatic heterocycles. The van der Waals surface area contributed by atoms with Crippen LogP contribution in [0.25, 0.3) is 16.9 Å². The minimum Gasteiger partial charge on any atom is -0.497 e. The molecule has 0 amide bonds. The highest BCUT2D eigenvalue weighted by Crippen LogP contribution is 2.27. The fraction of sp³-hybridized carbons (Fsp3) is 0.250. The minimum atomic E-state index is 0.354. The van der Waals surface area contributed by atoms with Crippen LogP contribution in [0.4, 0.5) is 0 Å². The van der Waals surface area contributed by atoms with Crippen molar-refractivity contribution in [2.24, 2.45) is 0 Å². The number of para-hydroxylation sites is 1. The quantitative estimate of drug-likeness (QED) is 0.454. The van der Waals surface area contributed by atoms with Gasteiger partial charge in [0, 0.05) is 48.8 Å². The zero-order chi connectivity index (χ0) is 20.8. The number of ether oxygens (including phenoxy) is 1. The second-order valence-electron chi connectivity index (χ2n) is 7.35. The van der Waals surface area contributed by atoms with E-state index >= 15 is 0 Å². The van der Waals surface area contributed by atoms with Gasteiger partial charge in [0.15, 0.2) is 0 Å². The van der Waals surface area contributed by atoms with Crippen LogP contribution in [0.3, 0.4) is 0 Å². The van der Waals surface area contributed by atoms with Crippen LogP contribution in [0.5, 0.6) is 5.75 Å². The van der Waals surface area contributed by atoms with Crippen LogP contribution >= 0.6 is 0 Å². The second kappa shape index (κ2) is 9.41. The second-order valence-corrected chi connectivity index (χ2v) is 7.35. The van der Waals surface area contributed by atoms with Crippen molar-refractivity contribution >= 4 is 0 Å². The third kappa shape index (κ3) is 4.78. The molecule has 6 nitrogen and oxygen atoms in total. The smallest absolute Gasteiger partial charge is 0.119 e. The van der Waals surface area contributed by atoms with Crippen molar-refractivity contribution in [1.82, 2.24) is 24.9 Å². The molecular formula is C24H27N5O. The zero-order valence-electron chi connectivity index (χ0n) is 17.4. The molecule has 0 fully saturated rings. The van der Waals surface area contributed by atoms with Gasteiger partial charge >= 0.3 is 0 Å². The zero-order valence-corrected chi connectivity index (χ0v) is 17.4. The van der Waals surface area contributed by atoms with Gasteiger partial charge in [-0.3, -0.25) is 4.68 Å². The number of nitrogens with one attached hydrogen (secondary N) is 1.